The van der Waals surface area contributed by atoms with Gasteiger partial charge in [-0.05, 0) is 18.8 Å². The lowest BCUT2D eigenvalue weighted by Crippen LogP contribution is -2.75. The van der Waals surface area contributed by atoms with Crippen LogP contribution in [0.5, 0.6) is 0 Å². The summed E-state index contributed by atoms with van der Waals surface area (Å²) in [5.74, 6) is -3.16. The first-order valence-electron chi connectivity index (χ1n) is 7.70. The summed E-state index contributed by atoms with van der Waals surface area (Å²) in [6, 6.07) is 0. The van der Waals surface area contributed by atoms with Gasteiger partial charge in [-0.25, -0.2) is 4.79 Å². The molecule has 0 radical (unpaired) electrons. The summed E-state index contributed by atoms with van der Waals surface area (Å²) in [4.78, 5) is 37.4. The fourth-order valence-corrected chi connectivity index (χ4v) is 5.46. The highest BCUT2D eigenvalue weighted by molar-refractivity contribution is 5.94. The Balaban J connectivity index is 1.83. The highest BCUT2D eigenvalue weighted by Crippen LogP contribution is 2.67. The molecular weight excluding hydrogens is 308 g/mol. The Morgan fingerprint density at radius 1 is 1.17 bits per heavy atom. The molecule has 2 unspecified atom stereocenters. The van der Waals surface area contributed by atoms with Crippen LogP contribution in [-0.2, 0) is 33.3 Å². The van der Waals surface area contributed by atoms with Crippen molar-refractivity contribution in [2.24, 2.45) is 17.3 Å². The second kappa shape index (κ2) is 3.60. The summed E-state index contributed by atoms with van der Waals surface area (Å²) in [5, 5.41) is 10.6. The zero-order valence-corrected chi connectivity index (χ0v) is 12.6. The average molecular weight is 324 g/mol. The molecule has 5 fully saturated rings. The molecule has 4 bridgehead atoms. The lowest BCUT2D eigenvalue weighted by atomic mass is 9.49. The van der Waals surface area contributed by atoms with Gasteiger partial charge in [-0.2, -0.15) is 0 Å². The van der Waals surface area contributed by atoms with Crippen molar-refractivity contribution >= 4 is 17.7 Å². The van der Waals surface area contributed by atoms with E-state index in [0.717, 1.165) is 0 Å². The molecule has 4 heterocycles. The number of carbonyl (C=O) groups is 3. The molecular formula is C15H16O8. The first-order chi connectivity index (χ1) is 10.8. The maximum Gasteiger partial charge on any atom is 0.339 e. The Labute approximate surface area is 131 Å². The summed E-state index contributed by atoms with van der Waals surface area (Å²) < 4.78 is 22.2. The molecule has 1 aliphatic carbocycles. The first kappa shape index (κ1) is 13.9. The van der Waals surface area contributed by atoms with Crippen molar-refractivity contribution in [3.8, 4) is 0 Å². The summed E-state index contributed by atoms with van der Waals surface area (Å²) in [7, 11) is 0. The van der Waals surface area contributed by atoms with Gasteiger partial charge in [-0.15, -0.1) is 0 Å². The number of carbonyl (C=O) groups excluding carboxylic acids is 3. The molecule has 8 nitrogen and oxygen atoms in total. The molecule has 0 aromatic heterocycles. The van der Waals surface area contributed by atoms with Gasteiger partial charge in [0.25, 0.3) is 0 Å². The molecule has 23 heavy (non-hydrogen) atoms. The molecule has 124 valence electrons. The van der Waals surface area contributed by atoms with Crippen LogP contribution in [0.4, 0.5) is 0 Å². The number of ether oxygens (including phenoxy) is 4. The predicted octanol–water partition coefficient (Wildman–Crippen LogP) is -1.07. The van der Waals surface area contributed by atoms with Crippen molar-refractivity contribution in [1.82, 2.24) is 0 Å². The Kier molecular flexibility index (Phi) is 2.17. The van der Waals surface area contributed by atoms with Crippen molar-refractivity contribution in [3.05, 3.63) is 0 Å². The van der Waals surface area contributed by atoms with Crippen molar-refractivity contribution in [1.29, 1.82) is 0 Å². The molecule has 8 atom stereocenters. The molecule has 1 saturated carbocycles. The minimum absolute atomic E-state index is 0.0205. The van der Waals surface area contributed by atoms with E-state index in [2.05, 4.69) is 0 Å². The number of aliphatic hydroxyl groups excluding tert-OH is 1. The molecule has 5 aliphatic rings. The van der Waals surface area contributed by atoms with E-state index in [0.29, 0.717) is 6.42 Å². The van der Waals surface area contributed by atoms with E-state index >= 15 is 0 Å². The zero-order valence-electron chi connectivity index (χ0n) is 12.6. The van der Waals surface area contributed by atoms with Crippen molar-refractivity contribution in [2.75, 3.05) is 6.61 Å². The van der Waals surface area contributed by atoms with Gasteiger partial charge in [0.2, 0.25) is 6.29 Å². The van der Waals surface area contributed by atoms with Crippen LogP contribution in [0.1, 0.15) is 20.3 Å². The number of aliphatic hydroxyl groups is 1. The molecule has 1 spiro atoms. The standard InChI is InChI=1S/C15H16O8/c1-13-3-6-14(2)15(9(17)11(19)22-14)8(13)7(16)12(23-15)20-4-5(13)10(18)21-6/h5-6,8-9,12,17H,3-4H2,1-2H3/t5-,6+,8?,9?,12+,13+,14-,15+/m0/s1. The Morgan fingerprint density at radius 3 is 2.65 bits per heavy atom. The normalized spacial score (nSPS) is 59.4. The molecule has 8 heteroatoms. The van der Waals surface area contributed by atoms with Crippen molar-refractivity contribution in [3.63, 3.8) is 0 Å². The van der Waals surface area contributed by atoms with Crippen molar-refractivity contribution < 1.29 is 38.4 Å². The van der Waals surface area contributed by atoms with Gasteiger partial charge in [-0.3, -0.25) is 9.59 Å². The maximum absolute atomic E-state index is 12.9. The van der Waals surface area contributed by atoms with Crippen LogP contribution in [0.3, 0.4) is 0 Å². The van der Waals surface area contributed by atoms with E-state index in [1.807, 2.05) is 6.92 Å². The van der Waals surface area contributed by atoms with E-state index in [9.17, 15) is 19.5 Å². The van der Waals surface area contributed by atoms with E-state index in [-0.39, 0.29) is 12.4 Å². The van der Waals surface area contributed by atoms with Gasteiger partial charge >= 0.3 is 11.9 Å². The molecule has 5 rings (SSSR count). The van der Waals surface area contributed by atoms with Crippen LogP contribution in [-0.4, -0.2) is 59.1 Å². The molecule has 0 aromatic rings. The number of hydrogen-bond acceptors (Lipinski definition) is 8. The number of fused-ring (bicyclic) bond motifs is 3. The summed E-state index contributed by atoms with van der Waals surface area (Å²) in [6.45, 7) is 3.39. The third kappa shape index (κ3) is 1.17. The van der Waals surface area contributed by atoms with E-state index in [1.165, 1.54) is 0 Å². The third-order valence-corrected chi connectivity index (χ3v) is 6.62. The van der Waals surface area contributed by atoms with Crippen LogP contribution in [0, 0.1) is 17.3 Å². The van der Waals surface area contributed by atoms with Gasteiger partial charge in [0, 0.05) is 0 Å². The lowest BCUT2D eigenvalue weighted by Gasteiger charge is -2.60. The zero-order chi connectivity index (χ0) is 16.4. The molecule has 0 amide bonds. The van der Waals surface area contributed by atoms with Gasteiger partial charge < -0.3 is 24.1 Å². The molecule has 1 N–H and O–H groups in total. The summed E-state index contributed by atoms with van der Waals surface area (Å²) in [6.07, 6.45) is -3.22. The average Bonchev–Trinajstić information content (AvgIpc) is 2.82. The highest BCUT2D eigenvalue weighted by atomic mass is 16.7. The maximum atomic E-state index is 12.9. The second-order valence-electron chi connectivity index (χ2n) is 7.53. The topological polar surface area (TPSA) is 108 Å². The Hall–Kier alpha value is -1.51. The van der Waals surface area contributed by atoms with E-state index < -0.39 is 58.9 Å². The Morgan fingerprint density at radius 2 is 1.91 bits per heavy atom. The Bertz CT molecular complexity index is 674. The van der Waals surface area contributed by atoms with Gasteiger partial charge in [0.15, 0.2) is 23.1 Å². The monoisotopic (exact) mass is 324 g/mol. The number of esters is 2. The second-order valence-corrected chi connectivity index (χ2v) is 7.53. The number of rotatable bonds is 0. The van der Waals surface area contributed by atoms with Gasteiger partial charge in [0.1, 0.15) is 6.10 Å². The molecule has 4 aliphatic heterocycles. The fraction of sp³-hybridized carbons (Fsp3) is 0.800. The van der Waals surface area contributed by atoms with Crippen LogP contribution >= 0.6 is 0 Å². The first-order valence-corrected chi connectivity index (χ1v) is 7.70. The lowest BCUT2D eigenvalue weighted by molar-refractivity contribution is -0.316. The van der Waals surface area contributed by atoms with E-state index in [1.54, 1.807) is 6.92 Å². The SMILES string of the molecule is C[C@@]12C[C@H]3OC(=O)[C@@H]1CO[C@@H]1O[C@@]4(C(O)C(=O)O[C@@]34C)C2C1=O. The van der Waals surface area contributed by atoms with Gasteiger partial charge in [-0.1, -0.05) is 6.92 Å². The minimum Gasteiger partial charge on any atom is -0.458 e. The van der Waals surface area contributed by atoms with Crippen LogP contribution in [0.25, 0.3) is 0 Å². The largest absolute Gasteiger partial charge is 0.458 e. The quantitative estimate of drug-likeness (QED) is 0.561. The summed E-state index contributed by atoms with van der Waals surface area (Å²) >= 11 is 0. The summed E-state index contributed by atoms with van der Waals surface area (Å²) in [5.41, 5.74) is -3.81. The number of ketones is 1. The predicted molar refractivity (Wildman–Crippen MR) is 68.7 cm³/mol. The van der Waals surface area contributed by atoms with Crippen LogP contribution in [0.2, 0.25) is 0 Å². The van der Waals surface area contributed by atoms with Gasteiger partial charge in [0.05, 0.1) is 18.4 Å². The van der Waals surface area contributed by atoms with Crippen LogP contribution in [0.15, 0.2) is 0 Å². The van der Waals surface area contributed by atoms with Crippen molar-refractivity contribution in [2.45, 2.75) is 50.0 Å². The molecule has 4 saturated heterocycles. The van der Waals surface area contributed by atoms with Crippen LogP contribution < -0.4 is 0 Å². The molecule has 0 aromatic carbocycles. The number of Topliss-reactive ketones (excluding diaryl/α,β-unsaturated/α-hetero) is 1. The highest BCUT2D eigenvalue weighted by Gasteiger charge is 2.85. The minimum atomic E-state index is -1.62. The smallest absolute Gasteiger partial charge is 0.339 e. The number of hydrogen-bond donors (Lipinski definition) is 1. The third-order valence-electron chi connectivity index (χ3n) is 6.62. The fourth-order valence-electron chi connectivity index (χ4n) is 5.46. The van der Waals surface area contributed by atoms with E-state index in [4.69, 9.17) is 18.9 Å².